The summed E-state index contributed by atoms with van der Waals surface area (Å²) in [5.41, 5.74) is 0. The zero-order chi connectivity index (χ0) is 10.7. The number of carbonyl (C=O) groups is 1. The SMILES string of the molecule is O=C(Oc1ccccc1)OC1CC(O)C1. The Kier molecular flexibility index (Phi) is 2.87. The topological polar surface area (TPSA) is 55.8 Å². The van der Waals surface area contributed by atoms with Gasteiger partial charge in [0.15, 0.2) is 0 Å². The van der Waals surface area contributed by atoms with Crippen molar-refractivity contribution in [3.63, 3.8) is 0 Å². The van der Waals surface area contributed by atoms with Gasteiger partial charge in [0.05, 0.1) is 6.10 Å². The molecular formula is C11H12O4. The van der Waals surface area contributed by atoms with Crippen LogP contribution in [0.4, 0.5) is 4.79 Å². The Bertz CT molecular complexity index is 330. The van der Waals surface area contributed by atoms with Gasteiger partial charge in [-0.15, -0.1) is 0 Å². The molecule has 80 valence electrons. The lowest BCUT2D eigenvalue weighted by atomic mass is 9.92. The molecule has 1 saturated carbocycles. The van der Waals surface area contributed by atoms with E-state index in [0.29, 0.717) is 18.6 Å². The van der Waals surface area contributed by atoms with Crippen molar-refractivity contribution in [2.75, 3.05) is 0 Å². The monoisotopic (exact) mass is 208 g/mol. The second kappa shape index (κ2) is 4.31. The van der Waals surface area contributed by atoms with Crippen molar-refractivity contribution in [1.29, 1.82) is 0 Å². The molecule has 0 atom stereocenters. The molecule has 0 aliphatic heterocycles. The summed E-state index contributed by atoms with van der Waals surface area (Å²) in [7, 11) is 0. The molecule has 0 radical (unpaired) electrons. The molecule has 0 heterocycles. The van der Waals surface area contributed by atoms with Gasteiger partial charge in [-0.05, 0) is 12.1 Å². The minimum atomic E-state index is -0.710. The molecule has 1 aromatic rings. The number of rotatable bonds is 2. The van der Waals surface area contributed by atoms with E-state index in [2.05, 4.69) is 0 Å². The van der Waals surface area contributed by atoms with Crippen molar-refractivity contribution in [2.24, 2.45) is 0 Å². The van der Waals surface area contributed by atoms with E-state index >= 15 is 0 Å². The molecule has 1 aliphatic rings. The van der Waals surface area contributed by atoms with Gasteiger partial charge in [0.25, 0.3) is 0 Å². The molecule has 1 aliphatic carbocycles. The fraction of sp³-hybridized carbons (Fsp3) is 0.364. The number of hydrogen-bond donors (Lipinski definition) is 1. The summed E-state index contributed by atoms with van der Waals surface area (Å²) in [6.45, 7) is 0. The zero-order valence-corrected chi connectivity index (χ0v) is 8.13. The van der Waals surface area contributed by atoms with Gasteiger partial charge in [-0.2, -0.15) is 0 Å². The third kappa shape index (κ3) is 2.70. The van der Waals surface area contributed by atoms with Crippen molar-refractivity contribution in [3.05, 3.63) is 30.3 Å². The fourth-order valence-electron chi connectivity index (χ4n) is 1.38. The molecule has 4 heteroatoms. The Morgan fingerprint density at radius 3 is 2.53 bits per heavy atom. The summed E-state index contributed by atoms with van der Waals surface area (Å²) < 4.78 is 9.85. The van der Waals surface area contributed by atoms with Crippen LogP contribution in [0.1, 0.15) is 12.8 Å². The predicted molar refractivity (Wildman–Crippen MR) is 52.6 cm³/mol. The van der Waals surface area contributed by atoms with Crippen molar-refractivity contribution in [3.8, 4) is 5.75 Å². The number of para-hydroxylation sites is 1. The summed E-state index contributed by atoms with van der Waals surface area (Å²) in [6, 6.07) is 8.74. The van der Waals surface area contributed by atoms with Gasteiger partial charge in [0.1, 0.15) is 11.9 Å². The highest BCUT2D eigenvalue weighted by molar-refractivity contribution is 5.64. The van der Waals surface area contributed by atoms with E-state index in [1.54, 1.807) is 24.3 Å². The normalized spacial score (nSPS) is 24.1. The van der Waals surface area contributed by atoms with Crippen LogP contribution in [0.2, 0.25) is 0 Å². The highest BCUT2D eigenvalue weighted by Crippen LogP contribution is 2.23. The van der Waals surface area contributed by atoms with Crippen LogP contribution in [0.3, 0.4) is 0 Å². The first-order chi connectivity index (χ1) is 7.24. The van der Waals surface area contributed by atoms with Gasteiger partial charge in [0.2, 0.25) is 0 Å². The number of carbonyl (C=O) groups excluding carboxylic acids is 1. The molecule has 0 unspecified atom stereocenters. The molecule has 0 amide bonds. The second-order valence-electron chi connectivity index (χ2n) is 3.53. The molecule has 2 rings (SSSR count). The first-order valence-electron chi connectivity index (χ1n) is 4.85. The Labute approximate surface area is 87.4 Å². The van der Waals surface area contributed by atoms with Crippen molar-refractivity contribution in [2.45, 2.75) is 25.0 Å². The van der Waals surface area contributed by atoms with Gasteiger partial charge >= 0.3 is 6.16 Å². The molecule has 0 bridgehead atoms. The maximum atomic E-state index is 11.2. The molecule has 1 aromatic carbocycles. The number of aliphatic hydroxyl groups excluding tert-OH is 1. The standard InChI is InChI=1S/C11H12O4/c12-8-6-10(7-8)15-11(13)14-9-4-2-1-3-5-9/h1-5,8,10,12H,6-7H2. The third-order valence-corrected chi connectivity index (χ3v) is 2.28. The second-order valence-corrected chi connectivity index (χ2v) is 3.53. The van der Waals surface area contributed by atoms with Crippen LogP contribution in [-0.2, 0) is 4.74 Å². The summed E-state index contributed by atoms with van der Waals surface area (Å²) in [4.78, 5) is 11.2. The van der Waals surface area contributed by atoms with E-state index in [1.165, 1.54) is 0 Å². The zero-order valence-electron chi connectivity index (χ0n) is 8.13. The van der Waals surface area contributed by atoms with E-state index in [4.69, 9.17) is 14.6 Å². The highest BCUT2D eigenvalue weighted by Gasteiger charge is 2.31. The van der Waals surface area contributed by atoms with Gasteiger partial charge in [-0.1, -0.05) is 18.2 Å². The van der Waals surface area contributed by atoms with Gasteiger partial charge in [-0.3, -0.25) is 0 Å². The first-order valence-corrected chi connectivity index (χ1v) is 4.85. The molecule has 1 fully saturated rings. The molecule has 1 N–H and O–H groups in total. The third-order valence-electron chi connectivity index (χ3n) is 2.28. The quantitative estimate of drug-likeness (QED) is 0.594. The number of ether oxygens (including phenoxy) is 2. The lowest BCUT2D eigenvalue weighted by molar-refractivity contribution is -0.0474. The minimum Gasteiger partial charge on any atom is -0.430 e. The maximum absolute atomic E-state index is 11.2. The molecule has 15 heavy (non-hydrogen) atoms. The van der Waals surface area contributed by atoms with Gasteiger partial charge in [-0.25, -0.2) is 4.79 Å². The molecular weight excluding hydrogens is 196 g/mol. The van der Waals surface area contributed by atoms with Crippen molar-refractivity contribution < 1.29 is 19.4 Å². The predicted octanol–water partition coefficient (Wildman–Crippen LogP) is 1.73. The minimum absolute atomic E-state index is 0.198. The Morgan fingerprint density at radius 2 is 1.93 bits per heavy atom. The van der Waals surface area contributed by atoms with Crippen LogP contribution in [0.15, 0.2) is 30.3 Å². The summed E-state index contributed by atoms with van der Waals surface area (Å²) in [5, 5.41) is 8.99. The van der Waals surface area contributed by atoms with Crippen molar-refractivity contribution in [1.82, 2.24) is 0 Å². The lowest BCUT2D eigenvalue weighted by Gasteiger charge is -2.29. The maximum Gasteiger partial charge on any atom is 0.514 e. The molecule has 4 nitrogen and oxygen atoms in total. The van der Waals surface area contributed by atoms with Crippen LogP contribution >= 0.6 is 0 Å². The number of aliphatic hydroxyl groups is 1. The summed E-state index contributed by atoms with van der Waals surface area (Å²) in [5.74, 6) is 0.461. The first kappa shape index (κ1) is 9.98. The van der Waals surface area contributed by atoms with E-state index < -0.39 is 6.16 Å². The van der Waals surface area contributed by atoms with Crippen LogP contribution < -0.4 is 4.74 Å². The Hall–Kier alpha value is -1.55. The van der Waals surface area contributed by atoms with Crippen LogP contribution in [-0.4, -0.2) is 23.5 Å². The largest absolute Gasteiger partial charge is 0.514 e. The average molecular weight is 208 g/mol. The summed E-state index contributed by atoms with van der Waals surface area (Å²) in [6.07, 6.45) is -0.234. The Balaban J connectivity index is 1.78. The van der Waals surface area contributed by atoms with Gasteiger partial charge < -0.3 is 14.6 Å². The van der Waals surface area contributed by atoms with E-state index in [-0.39, 0.29) is 12.2 Å². The van der Waals surface area contributed by atoms with Crippen LogP contribution in [0.5, 0.6) is 5.75 Å². The number of benzene rings is 1. The summed E-state index contributed by atoms with van der Waals surface area (Å²) >= 11 is 0. The average Bonchev–Trinajstić information content (AvgIpc) is 2.17. The van der Waals surface area contributed by atoms with Crippen molar-refractivity contribution >= 4 is 6.16 Å². The number of hydrogen-bond acceptors (Lipinski definition) is 4. The van der Waals surface area contributed by atoms with Crippen LogP contribution in [0, 0.1) is 0 Å². The highest BCUT2D eigenvalue weighted by atomic mass is 16.7. The van der Waals surface area contributed by atoms with E-state index in [0.717, 1.165) is 0 Å². The lowest BCUT2D eigenvalue weighted by Crippen LogP contribution is -2.37. The molecule has 0 spiro atoms. The smallest absolute Gasteiger partial charge is 0.430 e. The molecule has 0 aromatic heterocycles. The van der Waals surface area contributed by atoms with E-state index in [1.807, 2.05) is 6.07 Å². The van der Waals surface area contributed by atoms with E-state index in [9.17, 15) is 4.79 Å². The fourth-order valence-corrected chi connectivity index (χ4v) is 1.38. The van der Waals surface area contributed by atoms with Gasteiger partial charge in [0, 0.05) is 12.8 Å². The van der Waals surface area contributed by atoms with Crippen LogP contribution in [0.25, 0.3) is 0 Å². The Morgan fingerprint density at radius 1 is 1.27 bits per heavy atom. The molecule has 0 saturated heterocycles.